The zero-order chi connectivity index (χ0) is 10.6. The van der Waals surface area contributed by atoms with Crippen LogP contribution in [0.2, 0.25) is 0 Å². The summed E-state index contributed by atoms with van der Waals surface area (Å²) in [5.74, 6) is 0.635. The molecule has 0 radical (unpaired) electrons. The SMILES string of the molecule is CC1=c2sc3ccccc3c2=C(C)C1C. The van der Waals surface area contributed by atoms with Gasteiger partial charge in [-0.25, -0.2) is 0 Å². The molecule has 15 heavy (non-hydrogen) atoms. The molecular formula is C14H14S. The van der Waals surface area contributed by atoms with Crippen LogP contribution in [-0.2, 0) is 0 Å². The van der Waals surface area contributed by atoms with Gasteiger partial charge < -0.3 is 0 Å². The van der Waals surface area contributed by atoms with Crippen molar-refractivity contribution in [2.24, 2.45) is 5.92 Å². The highest BCUT2D eigenvalue weighted by atomic mass is 32.1. The zero-order valence-electron chi connectivity index (χ0n) is 9.29. The molecule has 2 aromatic rings. The van der Waals surface area contributed by atoms with Crippen LogP contribution in [0.15, 0.2) is 24.3 Å². The summed E-state index contributed by atoms with van der Waals surface area (Å²) in [5, 5.41) is 2.96. The van der Waals surface area contributed by atoms with Crippen molar-refractivity contribution in [1.82, 2.24) is 0 Å². The predicted octanol–water partition coefficient (Wildman–Crippen LogP) is 2.89. The zero-order valence-corrected chi connectivity index (χ0v) is 10.1. The highest BCUT2D eigenvalue weighted by Crippen LogP contribution is 2.26. The van der Waals surface area contributed by atoms with Crippen molar-refractivity contribution in [2.75, 3.05) is 0 Å². The Hall–Kier alpha value is -1.08. The van der Waals surface area contributed by atoms with Crippen molar-refractivity contribution in [1.29, 1.82) is 0 Å². The fourth-order valence-electron chi connectivity index (χ4n) is 2.45. The highest BCUT2D eigenvalue weighted by Gasteiger charge is 2.18. The van der Waals surface area contributed by atoms with Gasteiger partial charge in [0.2, 0.25) is 0 Å². The van der Waals surface area contributed by atoms with Crippen LogP contribution in [0.4, 0.5) is 0 Å². The second kappa shape index (κ2) is 2.96. The van der Waals surface area contributed by atoms with Crippen LogP contribution in [-0.4, -0.2) is 0 Å². The van der Waals surface area contributed by atoms with Crippen molar-refractivity contribution >= 4 is 32.6 Å². The van der Waals surface area contributed by atoms with Crippen molar-refractivity contribution in [2.45, 2.75) is 20.8 Å². The Bertz CT molecular complexity index is 658. The fraction of sp³-hybridized carbons (Fsp3) is 0.286. The molecule has 3 rings (SSSR count). The monoisotopic (exact) mass is 214 g/mol. The molecule has 1 heteroatoms. The molecule has 0 spiro atoms. The van der Waals surface area contributed by atoms with E-state index in [1.54, 1.807) is 11.1 Å². The third-order valence-corrected chi connectivity index (χ3v) is 4.95. The second-order valence-corrected chi connectivity index (χ2v) is 5.44. The van der Waals surface area contributed by atoms with Crippen LogP contribution in [0, 0.1) is 5.92 Å². The number of thiophene rings is 1. The Kier molecular flexibility index (Phi) is 1.81. The Morgan fingerprint density at radius 1 is 1.07 bits per heavy atom. The van der Waals surface area contributed by atoms with E-state index in [0.29, 0.717) is 5.92 Å². The average Bonchev–Trinajstić information content (AvgIpc) is 2.72. The Balaban J connectivity index is 2.65. The molecule has 76 valence electrons. The molecular weight excluding hydrogens is 200 g/mol. The third-order valence-electron chi connectivity index (χ3n) is 3.65. The summed E-state index contributed by atoms with van der Waals surface area (Å²) in [5.41, 5.74) is 3.09. The van der Waals surface area contributed by atoms with Gasteiger partial charge in [0.05, 0.1) is 0 Å². The van der Waals surface area contributed by atoms with Crippen LogP contribution in [0.1, 0.15) is 20.8 Å². The maximum atomic E-state index is 2.31. The molecule has 0 bridgehead atoms. The summed E-state index contributed by atoms with van der Waals surface area (Å²) < 4.78 is 2.94. The normalized spacial score (nSPS) is 20.1. The van der Waals surface area contributed by atoms with Crippen LogP contribution in [0.25, 0.3) is 21.2 Å². The molecule has 1 atom stereocenters. The van der Waals surface area contributed by atoms with Gasteiger partial charge in [0, 0.05) is 14.6 Å². The van der Waals surface area contributed by atoms with E-state index >= 15 is 0 Å². The number of hydrogen-bond donors (Lipinski definition) is 0. The summed E-state index contributed by atoms with van der Waals surface area (Å²) in [6.45, 7) is 6.86. The fourth-order valence-corrected chi connectivity index (χ4v) is 3.81. The van der Waals surface area contributed by atoms with E-state index in [4.69, 9.17) is 0 Å². The summed E-state index contributed by atoms with van der Waals surface area (Å²) in [4.78, 5) is 0. The first-order valence-electron chi connectivity index (χ1n) is 5.39. The maximum Gasteiger partial charge on any atom is 0.0355 e. The van der Waals surface area contributed by atoms with Gasteiger partial charge >= 0.3 is 0 Å². The minimum Gasteiger partial charge on any atom is -0.135 e. The lowest BCUT2D eigenvalue weighted by Crippen LogP contribution is -2.17. The molecule has 0 aliphatic heterocycles. The molecule has 0 saturated heterocycles. The van der Waals surface area contributed by atoms with Crippen LogP contribution in [0.3, 0.4) is 0 Å². The van der Waals surface area contributed by atoms with E-state index in [1.807, 2.05) is 11.3 Å². The number of fused-ring (bicyclic) bond motifs is 3. The first-order valence-corrected chi connectivity index (χ1v) is 6.21. The average molecular weight is 214 g/mol. The van der Waals surface area contributed by atoms with Gasteiger partial charge in [-0.3, -0.25) is 0 Å². The second-order valence-electron chi connectivity index (χ2n) is 4.39. The first-order chi connectivity index (χ1) is 7.20. The van der Waals surface area contributed by atoms with Crippen molar-refractivity contribution in [3.05, 3.63) is 34.0 Å². The highest BCUT2D eigenvalue weighted by molar-refractivity contribution is 7.17. The van der Waals surface area contributed by atoms with Gasteiger partial charge in [0.25, 0.3) is 0 Å². The van der Waals surface area contributed by atoms with E-state index in [0.717, 1.165) is 0 Å². The van der Waals surface area contributed by atoms with Crippen LogP contribution in [0.5, 0.6) is 0 Å². The lowest BCUT2D eigenvalue weighted by Gasteiger charge is -2.06. The lowest BCUT2D eigenvalue weighted by molar-refractivity contribution is 0.977. The molecule has 1 aromatic heterocycles. The van der Waals surface area contributed by atoms with Gasteiger partial charge in [0.1, 0.15) is 0 Å². The number of benzene rings is 1. The smallest absolute Gasteiger partial charge is 0.0355 e. The van der Waals surface area contributed by atoms with Gasteiger partial charge in [-0.15, -0.1) is 11.3 Å². The molecule has 1 aromatic carbocycles. The minimum atomic E-state index is 0.635. The van der Waals surface area contributed by atoms with Gasteiger partial charge in [0.15, 0.2) is 0 Å². The molecule has 1 heterocycles. The molecule has 0 nitrogen and oxygen atoms in total. The topological polar surface area (TPSA) is 0 Å². The molecule has 0 amide bonds. The molecule has 0 N–H and O–H groups in total. The van der Waals surface area contributed by atoms with E-state index in [9.17, 15) is 0 Å². The van der Waals surface area contributed by atoms with Crippen molar-refractivity contribution in [3.8, 4) is 0 Å². The number of hydrogen-bond acceptors (Lipinski definition) is 1. The molecule has 0 fully saturated rings. The first kappa shape index (κ1) is 9.17. The van der Waals surface area contributed by atoms with E-state index in [1.165, 1.54) is 19.8 Å². The molecule has 1 aliphatic carbocycles. The van der Waals surface area contributed by atoms with E-state index < -0.39 is 0 Å². The van der Waals surface area contributed by atoms with Crippen LogP contribution >= 0.6 is 11.3 Å². The van der Waals surface area contributed by atoms with Gasteiger partial charge in [-0.1, -0.05) is 30.7 Å². The Morgan fingerprint density at radius 3 is 2.60 bits per heavy atom. The summed E-state index contributed by atoms with van der Waals surface area (Å²) in [6, 6.07) is 8.74. The maximum absolute atomic E-state index is 2.31. The largest absolute Gasteiger partial charge is 0.135 e. The summed E-state index contributed by atoms with van der Waals surface area (Å²) in [6.07, 6.45) is 0. The Labute approximate surface area is 93.6 Å². The lowest BCUT2D eigenvalue weighted by atomic mass is 9.99. The number of rotatable bonds is 0. The molecule has 0 saturated carbocycles. The summed E-state index contributed by atoms with van der Waals surface area (Å²) >= 11 is 1.94. The van der Waals surface area contributed by atoms with E-state index in [-0.39, 0.29) is 0 Å². The third kappa shape index (κ3) is 1.07. The van der Waals surface area contributed by atoms with Gasteiger partial charge in [-0.05, 0) is 36.6 Å². The molecule has 1 unspecified atom stereocenters. The standard InChI is InChI=1S/C14H14S/c1-8-9(2)13-11-6-4-5-7-12(11)15-14(13)10(8)3/h4-8H,1-3H3. The van der Waals surface area contributed by atoms with Crippen molar-refractivity contribution < 1.29 is 0 Å². The van der Waals surface area contributed by atoms with Crippen LogP contribution < -0.4 is 9.75 Å². The quantitative estimate of drug-likeness (QED) is 0.632. The summed E-state index contributed by atoms with van der Waals surface area (Å²) in [7, 11) is 0. The predicted molar refractivity (Wildman–Crippen MR) is 68.4 cm³/mol. The van der Waals surface area contributed by atoms with Crippen molar-refractivity contribution in [3.63, 3.8) is 0 Å². The minimum absolute atomic E-state index is 0.635. The van der Waals surface area contributed by atoms with E-state index in [2.05, 4.69) is 45.0 Å². The molecule has 1 aliphatic rings. The van der Waals surface area contributed by atoms with Gasteiger partial charge in [-0.2, -0.15) is 0 Å². The Morgan fingerprint density at radius 2 is 1.80 bits per heavy atom.